The molecule has 0 heterocycles. The Hall–Kier alpha value is -1.18. The van der Waals surface area contributed by atoms with Crippen LogP contribution < -0.4 is 0 Å². The minimum Gasteiger partial charge on any atom is -0.478 e. The molecule has 0 radical (unpaired) electrons. The molecule has 1 aromatic carbocycles. The second kappa shape index (κ2) is 5.64. The van der Waals surface area contributed by atoms with Gasteiger partial charge in [0.1, 0.15) is 4.90 Å². The maximum Gasteiger partial charge on any atom is 0.338 e. The van der Waals surface area contributed by atoms with E-state index in [0.717, 1.165) is 12.1 Å². The first-order chi connectivity index (χ1) is 8.29. The molecule has 0 amide bonds. The van der Waals surface area contributed by atoms with Crippen LogP contribution in [0.15, 0.2) is 17.0 Å². The predicted octanol–water partition coefficient (Wildman–Crippen LogP) is 1.33. The molecule has 0 saturated heterocycles. The summed E-state index contributed by atoms with van der Waals surface area (Å²) in [5.74, 6) is -3.43. The summed E-state index contributed by atoms with van der Waals surface area (Å²) in [7, 11) is -4.01. The van der Waals surface area contributed by atoms with E-state index < -0.39 is 37.8 Å². The Morgan fingerprint density at radius 3 is 2.50 bits per heavy atom. The van der Waals surface area contributed by atoms with Crippen LogP contribution in [0.2, 0.25) is 5.02 Å². The molecule has 0 aliphatic heterocycles. The van der Waals surface area contributed by atoms with Crippen molar-refractivity contribution in [3.05, 3.63) is 28.5 Å². The largest absolute Gasteiger partial charge is 0.478 e. The molecule has 5 nitrogen and oxygen atoms in total. The fourth-order valence-electron chi connectivity index (χ4n) is 1.31. The molecule has 2 N–H and O–H groups in total. The number of halogens is 2. The number of carboxylic acid groups (broad SMARTS) is 1. The molecule has 0 spiro atoms. The number of aliphatic hydroxyl groups is 1. The highest BCUT2D eigenvalue weighted by Crippen LogP contribution is 2.25. The topological polar surface area (TPSA) is 91.7 Å². The van der Waals surface area contributed by atoms with Crippen molar-refractivity contribution in [1.29, 1.82) is 0 Å². The molecular weight excluding hydrogens is 287 g/mol. The highest BCUT2D eigenvalue weighted by Gasteiger charge is 2.24. The average Bonchev–Trinajstić information content (AvgIpc) is 2.28. The quantitative estimate of drug-likeness (QED) is 0.855. The van der Waals surface area contributed by atoms with Gasteiger partial charge < -0.3 is 10.2 Å². The van der Waals surface area contributed by atoms with Crippen molar-refractivity contribution >= 4 is 27.4 Å². The van der Waals surface area contributed by atoms with Crippen LogP contribution in [0.5, 0.6) is 0 Å². The van der Waals surface area contributed by atoms with Gasteiger partial charge in [-0.2, -0.15) is 0 Å². The lowest BCUT2D eigenvalue weighted by molar-refractivity contribution is 0.0691. The van der Waals surface area contributed by atoms with Gasteiger partial charge in [-0.05, 0) is 18.6 Å². The highest BCUT2D eigenvalue weighted by molar-refractivity contribution is 7.91. The van der Waals surface area contributed by atoms with Crippen molar-refractivity contribution in [2.75, 3.05) is 12.4 Å². The summed E-state index contributed by atoms with van der Waals surface area (Å²) >= 11 is 5.56. The Balaban J connectivity index is 3.37. The average molecular weight is 297 g/mol. The number of carbonyl (C=O) groups is 1. The number of aromatic carboxylic acids is 1. The summed E-state index contributed by atoms with van der Waals surface area (Å²) in [4.78, 5) is 9.97. The van der Waals surface area contributed by atoms with Gasteiger partial charge in [0.05, 0.1) is 11.3 Å². The number of rotatable bonds is 5. The zero-order valence-electron chi connectivity index (χ0n) is 9.06. The fraction of sp³-hybridized carbons (Fsp3) is 0.300. The Bertz CT molecular complexity index is 570. The molecule has 0 aliphatic rings. The second-order valence-electron chi connectivity index (χ2n) is 3.47. The molecule has 0 unspecified atom stereocenters. The van der Waals surface area contributed by atoms with E-state index in [1.54, 1.807) is 0 Å². The lowest BCUT2D eigenvalue weighted by Gasteiger charge is -2.07. The summed E-state index contributed by atoms with van der Waals surface area (Å²) in [6.07, 6.45) is -0.0727. The Morgan fingerprint density at radius 1 is 1.39 bits per heavy atom. The van der Waals surface area contributed by atoms with Gasteiger partial charge in [-0.3, -0.25) is 0 Å². The van der Waals surface area contributed by atoms with Gasteiger partial charge in [0.15, 0.2) is 15.7 Å². The van der Waals surface area contributed by atoms with Crippen LogP contribution in [-0.4, -0.2) is 37.0 Å². The maximum absolute atomic E-state index is 13.7. The molecule has 18 heavy (non-hydrogen) atoms. The summed E-state index contributed by atoms with van der Waals surface area (Å²) in [6, 6.07) is 1.69. The molecule has 1 rings (SSSR count). The van der Waals surface area contributed by atoms with Gasteiger partial charge in [-0.1, -0.05) is 11.6 Å². The van der Waals surface area contributed by atoms with Crippen molar-refractivity contribution < 1.29 is 27.8 Å². The van der Waals surface area contributed by atoms with Crippen molar-refractivity contribution in [2.24, 2.45) is 0 Å². The van der Waals surface area contributed by atoms with Crippen LogP contribution in [0.1, 0.15) is 16.8 Å². The van der Waals surface area contributed by atoms with Gasteiger partial charge >= 0.3 is 5.97 Å². The third-order valence-corrected chi connectivity index (χ3v) is 4.15. The Labute approximate surface area is 108 Å². The number of hydrogen-bond donors (Lipinski definition) is 2. The summed E-state index contributed by atoms with van der Waals surface area (Å²) < 4.78 is 37.2. The van der Waals surface area contributed by atoms with Crippen molar-refractivity contribution in [3.8, 4) is 0 Å². The molecular formula is C10H10ClFO5S. The van der Waals surface area contributed by atoms with E-state index in [1.807, 2.05) is 0 Å². The Kier molecular flexibility index (Phi) is 4.66. The van der Waals surface area contributed by atoms with E-state index in [2.05, 4.69) is 0 Å². The minimum atomic E-state index is -4.01. The zero-order chi connectivity index (χ0) is 13.9. The van der Waals surface area contributed by atoms with E-state index in [4.69, 9.17) is 21.8 Å². The lowest BCUT2D eigenvalue weighted by atomic mass is 10.2. The maximum atomic E-state index is 13.7. The third-order valence-electron chi connectivity index (χ3n) is 2.14. The van der Waals surface area contributed by atoms with Gasteiger partial charge in [0, 0.05) is 11.6 Å². The van der Waals surface area contributed by atoms with Crippen molar-refractivity contribution in [2.45, 2.75) is 11.3 Å². The van der Waals surface area contributed by atoms with Crippen molar-refractivity contribution in [1.82, 2.24) is 0 Å². The molecule has 0 fully saturated rings. The van der Waals surface area contributed by atoms with Gasteiger partial charge in [-0.15, -0.1) is 0 Å². The molecule has 100 valence electrons. The van der Waals surface area contributed by atoms with E-state index in [-0.39, 0.29) is 18.1 Å². The predicted molar refractivity (Wildman–Crippen MR) is 62.1 cm³/mol. The van der Waals surface area contributed by atoms with Gasteiger partial charge in [-0.25, -0.2) is 17.6 Å². The first-order valence-corrected chi connectivity index (χ1v) is 6.88. The van der Waals surface area contributed by atoms with Crippen LogP contribution in [0.3, 0.4) is 0 Å². The smallest absolute Gasteiger partial charge is 0.338 e. The summed E-state index contributed by atoms with van der Waals surface area (Å²) in [5, 5.41) is 17.1. The monoisotopic (exact) mass is 296 g/mol. The van der Waals surface area contributed by atoms with Crippen LogP contribution in [0.25, 0.3) is 0 Å². The fourth-order valence-corrected chi connectivity index (χ4v) is 3.01. The zero-order valence-corrected chi connectivity index (χ0v) is 10.6. The molecule has 0 aliphatic carbocycles. The number of benzene rings is 1. The summed E-state index contributed by atoms with van der Waals surface area (Å²) in [5.41, 5.74) is -0.801. The normalized spacial score (nSPS) is 11.5. The van der Waals surface area contributed by atoms with E-state index in [9.17, 15) is 17.6 Å². The molecule has 8 heteroatoms. The first kappa shape index (κ1) is 14.9. The minimum absolute atomic E-state index is 0.0727. The number of aliphatic hydroxyl groups excluding tert-OH is 1. The molecule has 0 bridgehead atoms. The first-order valence-electron chi connectivity index (χ1n) is 4.85. The SMILES string of the molecule is O=C(O)c1cc(Cl)cc(S(=O)(=O)CCCO)c1F. The molecule has 0 saturated carbocycles. The molecule has 0 aromatic heterocycles. The van der Waals surface area contributed by atoms with E-state index >= 15 is 0 Å². The second-order valence-corrected chi connectivity index (χ2v) is 5.98. The van der Waals surface area contributed by atoms with Crippen LogP contribution in [-0.2, 0) is 9.84 Å². The number of carboxylic acids is 1. The van der Waals surface area contributed by atoms with Crippen LogP contribution in [0, 0.1) is 5.82 Å². The standard InChI is InChI=1S/C10H10ClFO5S/c11-6-4-7(10(14)15)9(12)8(5-6)18(16,17)3-1-2-13/h4-5,13H,1-3H2,(H,14,15). The summed E-state index contributed by atoms with van der Waals surface area (Å²) in [6.45, 7) is -0.368. The number of sulfone groups is 1. The van der Waals surface area contributed by atoms with E-state index in [0.29, 0.717) is 0 Å². The molecule has 1 aromatic rings. The van der Waals surface area contributed by atoms with Crippen LogP contribution in [0.4, 0.5) is 4.39 Å². The molecule has 0 atom stereocenters. The van der Waals surface area contributed by atoms with Gasteiger partial charge in [0.25, 0.3) is 0 Å². The lowest BCUT2D eigenvalue weighted by Crippen LogP contribution is -2.13. The van der Waals surface area contributed by atoms with Crippen molar-refractivity contribution in [3.63, 3.8) is 0 Å². The van der Waals surface area contributed by atoms with E-state index in [1.165, 1.54) is 0 Å². The Morgan fingerprint density at radius 2 is 2.00 bits per heavy atom. The number of hydrogen-bond acceptors (Lipinski definition) is 4. The van der Waals surface area contributed by atoms with Gasteiger partial charge in [0.2, 0.25) is 0 Å². The third kappa shape index (κ3) is 3.18. The van der Waals surface area contributed by atoms with Crippen LogP contribution >= 0.6 is 11.6 Å². The highest BCUT2D eigenvalue weighted by atomic mass is 35.5.